The number of aliphatic hydroxyl groups is 1. The van der Waals surface area contributed by atoms with Crippen LogP contribution in [0.5, 0.6) is 5.75 Å². The first kappa shape index (κ1) is 20.8. The lowest BCUT2D eigenvalue weighted by Gasteiger charge is -2.28. The average Bonchev–Trinajstić information content (AvgIpc) is 3.16. The Hall–Kier alpha value is -3.06. The maximum atomic E-state index is 9.50. The van der Waals surface area contributed by atoms with Crippen LogP contribution < -0.4 is 10.6 Å². The molecule has 5 rings (SSSR count). The minimum Gasteiger partial charge on any atom is -0.489 e. The van der Waals surface area contributed by atoms with Crippen LogP contribution in [0, 0.1) is 11.8 Å². The van der Waals surface area contributed by atoms with E-state index in [4.69, 9.17) is 15.6 Å². The van der Waals surface area contributed by atoms with Gasteiger partial charge in [-0.25, -0.2) is 0 Å². The Bertz CT molecular complexity index is 1100. The lowest BCUT2D eigenvalue weighted by molar-refractivity contribution is -0.750. The Morgan fingerprint density at radius 2 is 1.84 bits per heavy atom. The zero-order valence-electron chi connectivity index (χ0n) is 18.1. The molecule has 0 amide bonds. The van der Waals surface area contributed by atoms with Crippen LogP contribution in [0.3, 0.4) is 0 Å². The van der Waals surface area contributed by atoms with Crippen LogP contribution in [0.2, 0.25) is 0 Å². The van der Waals surface area contributed by atoms with Gasteiger partial charge in [-0.15, -0.1) is 4.59 Å². The first-order chi connectivity index (χ1) is 15.7. The lowest BCUT2D eigenvalue weighted by Crippen LogP contribution is -2.53. The summed E-state index contributed by atoms with van der Waals surface area (Å²) in [5, 5.41) is 9.50. The molecule has 1 fully saturated rings. The van der Waals surface area contributed by atoms with E-state index in [2.05, 4.69) is 17.1 Å². The fourth-order valence-electron chi connectivity index (χ4n) is 4.79. The number of hydrogen-bond acceptors (Lipinski definition) is 5. The van der Waals surface area contributed by atoms with Gasteiger partial charge in [-0.1, -0.05) is 36.4 Å². The second-order valence-corrected chi connectivity index (χ2v) is 8.76. The molecule has 6 nitrogen and oxygen atoms in total. The third-order valence-electron chi connectivity index (χ3n) is 6.65. The molecule has 1 atom stereocenters. The van der Waals surface area contributed by atoms with Crippen molar-refractivity contribution in [2.45, 2.75) is 32.3 Å². The zero-order valence-corrected chi connectivity index (χ0v) is 18.1. The fraction of sp³-hybridized carbons (Fsp3) is 0.308. The van der Waals surface area contributed by atoms with E-state index in [1.807, 2.05) is 54.9 Å². The second-order valence-electron chi connectivity index (χ2n) is 8.76. The highest BCUT2D eigenvalue weighted by Gasteiger charge is 2.46. The predicted molar refractivity (Wildman–Crippen MR) is 125 cm³/mol. The Morgan fingerprint density at radius 1 is 1.03 bits per heavy atom. The van der Waals surface area contributed by atoms with Crippen molar-refractivity contribution in [2.75, 3.05) is 6.61 Å². The highest BCUT2D eigenvalue weighted by molar-refractivity contribution is 6.00. The van der Waals surface area contributed by atoms with Gasteiger partial charge in [0.25, 0.3) is 5.84 Å². The average molecular weight is 430 g/mol. The molecule has 3 N–H and O–H groups in total. The molecule has 0 saturated heterocycles. The van der Waals surface area contributed by atoms with E-state index in [0.29, 0.717) is 18.4 Å². The molecule has 1 aliphatic carbocycles. The van der Waals surface area contributed by atoms with Crippen LogP contribution in [-0.4, -0.2) is 28.4 Å². The van der Waals surface area contributed by atoms with Crippen molar-refractivity contribution in [1.82, 2.24) is 0 Å². The molecule has 164 valence electrons. The molecule has 2 heterocycles. The second kappa shape index (κ2) is 8.82. The summed E-state index contributed by atoms with van der Waals surface area (Å²) in [7, 11) is 0. The molecule has 0 bridgehead atoms. The summed E-state index contributed by atoms with van der Waals surface area (Å²) in [6, 6.07) is 18.1. The van der Waals surface area contributed by atoms with E-state index in [1.54, 1.807) is 6.20 Å². The Kier molecular flexibility index (Phi) is 5.74. The number of rotatable bonds is 6. The molecule has 3 aliphatic rings. The van der Waals surface area contributed by atoms with Gasteiger partial charge in [0.2, 0.25) is 5.70 Å². The maximum Gasteiger partial charge on any atom is 0.265 e. The van der Waals surface area contributed by atoms with Crippen LogP contribution >= 0.6 is 0 Å². The maximum absolute atomic E-state index is 9.50. The first-order valence-electron chi connectivity index (χ1n) is 11.3. The van der Waals surface area contributed by atoms with Crippen LogP contribution in [-0.2, 0) is 6.61 Å². The summed E-state index contributed by atoms with van der Waals surface area (Å²) in [5.41, 5.74) is 4.03. The molecule has 1 saturated carbocycles. The van der Waals surface area contributed by atoms with Gasteiger partial charge in [0.05, 0.1) is 18.0 Å². The van der Waals surface area contributed by atoms with E-state index in [0.717, 1.165) is 59.8 Å². The fourth-order valence-corrected chi connectivity index (χ4v) is 4.79. The van der Waals surface area contributed by atoms with Gasteiger partial charge in [0, 0.05) is 12.5 Å². The van der Waals surface area contributed by atoms with Gasteiger partial charge in [-0.3, -0.25) is 4.99 Å². The SMILES string of the molecule is N[N+]12C=CN=CC1=C(C1CCC(CO)CC1)N=C2c1cccc(OCc2ccccc2)c1. The van der Waals surface area contributed by atoms with E-state index < -0.39 is 0 Å². The third-order valence-corrected chi connectivity index (χ3v) is 6.65. The number of aliphatic imine (C=N–C) groups is 2. The van der Waals surface area contributed by atoms with Gasteiger partial charge >= 0.3 is 0 Å². The smallest absolute Gasteiger partial charge is 0.265 e. The molecule has 0 spiro atoms. The van der Waals surface area contributed by atoms with E-state index in [1.165, 1.54) is 0 Å². The number of benzene rings is 2. The molecule has 2 aromatic carbocycles. The molecule has 6 heteroatoms. The number of allylic oxidation sites excluding steroid dienone is 2. The number of amidine groups is 1. The highest BCUT2D eigenvalue weighted by Crippen LogP contribution is 2.41. The van der Waals surface area contributed by atoms with Gasteiger partial charge in [0.15, 0.2) is 0 Å². The number of ether oxygens (including phenoxy) is 1. The van der Waals surface area contributed by atoms with E-state index in [9.17, 15) is 5.11 Å². The van der Waals surface area contributed by atoms with E-state index >= 15 is 0 Å². The predicted octanol–water partition coefficient (Wildman–Crippen LogP) is 4.28. The summed E-state index contributed by atoms with van der Waals surface area (Å²) in [6.45, 7) is 0.777. The van der Waals surface area contributed by atoms with Gasteiger partial charge in [-0.05, 0) is 55.4 Å². The monoisotopic (exact) mass is 429 g/mol. The van der Waals surface area contributed by atoms with Crippen LogP contribution in [0.25, 0.3) is 0 Å². The summed E-state index contributed by atoms with van der Waals surface area (Å²) < 4.78 is 6.07. The quantitative estimate of drug-likeness (QED) is 0.531. The molecular weight excluding hydrogens is 400 g/mol. The number of quaternary nitrogens is 1. The number of fused-ring (bicyclic) bond motifs is 1. The molecular formula is C26H29N4O2+. The van der Waals surface area contributed by atoms with Crippen molar-refractivity contribution in [3.63, 3.8) is 0 Å². The van der Waals surface area contributed by atoms with Crippen molar-refractivity contribution >= 4 is 12.1 Å². The van der Waals surface area contributed by atoms with Gasteiger partial charge in [0.1, 0.15) is 24.3 Å². The normalized spacial score (nSPS) is 26.8. The minimum absolute atomic E-state index is 0.0287. The molecule has 2 aliphatic heterocycles. The van der Waals surface area contributed by atoms with Crippen LogP contribution in [0.1, 0.15) is 36.8 Å². The Morgan fingerprint density at radius 3 is 2.62 bits per heavy atom. The third kappa shape index (κ3) is 3.93. The molecule has 1 unspecified atom stereocenters. The number of nitrogens with zero attached hydrogens (tertiary/aromatic N) is 3. The van der Waals surface area contributed by atoms with Gasteiger partial charge < -0.3 is 9.84 Å². The number of hydrogen-bond donors (Lipinski definition) is 2. The van der Waals surface area contributed by atoms with Crippen molar-refractivity contribution in [3.8, 4) is 5.75 Å². The Balaban J connectivity index is 1.42. The number of aliphatic hydroxyl groups excluding tert-OH is 1. The van der Waals surface area contributed by atoms with Crippen LogP contribution in [0.4, 0.5) is 0 Å². The first-order valence-corrected chi connectivity index (χ1v) is 11.3. The highest BCUT2D eigenvalue weighted by atomic mass is 16.5. The summed E-state index contributed by atoms with van der Waals surface area (Å²) >= 11 is 0. The van der Waals surface area contributed by atoms with Crippen LogP contribution in [0.15, 0.2) is 88.4 Å². The number of nitrogens with two attached hydrogens (primary N) is 1. The largest absolute Gasteiger partial charge is 0.489 e. The van der Waals surface area contributed by atoms with Crippen molar-refractivity contribution < 1.29 is 14.4 Å². The van der Waals surface area contributed by atoms with Crippen molar-refractivity contribution in [1.29, 1.82) is 0 Å². The molecule has 0 radical (unpaired) electrons. The minimum atomic E-state index is 0.0287. The van der Waals surface area contributed by atoms with Crippen molar-refractivity contribution in [2.24, 2.45) is 27.7 Å². The summed E-state index contributed by atoms with van der Waals surface area (Å²) in [5.74, 6) is 9.20. The van der Waals surface area contributed by atoms with E-state index in [-0.39, 0.29) is 11.2 Å². The summed E-state index contributed by atoms with van der Waals surface area (Å²) in [4.78, 5) is 9.44. The van der Waals surface area contributed by atoms with Crippen molar-refractivity contribution in [3.05, 3.63) is 89.5 Å². The molecule has 32 heavy (non-hydrogen) atoms. The summed E-state index contributed by atoms with van der Waals surface area (Å²) in [6.07, 6.45) is 9.53. The standard InChI is InChI=1S/C26H29N4O2/c27-30-14-13-28-16-24(30)25(21-11-9-19(17-31)10-12-21)29-26(30)22-7-4-8-23(15-22)32-18-20-5-2-1-3-6-20/h1-8,13-16,19,21,31H,9-12,17-18,27H2/q+1. The molecule has 2 aromatic rings. The Labute approximate surface area is 188 Å². The topological polar surface area (TPSA) is 80.2 Å². The van der Waals surface area contributed by atoms with Gasteiger partial charge in [-0.2, -0.15) is 10.8 Å². The zero-order chi connectivity index (χ0) is 22.0. The molecule has 0 aromatic heterocycles. The lowest BCUT2D eigenvalue weighted by atomic mass is 9.80.